The van der Waals surface area contributed by atoms with Gasteiger partial charge in [-0.05, 0) is 37.1 Å². The van der Waals surface area contributed by atoms with E-state index in [-0.39, 0.29) is 6.04 Å². The Morgan fingerprint density at radius 2 is 1.85 bits per heavy atom. The number of rotatable bonds is 7. The normalized spacial score (nSPS) is 16.7. The van der Waals surface area contributed by atoms with E-state index in [0.29, 0.717) is 36.8 Å². The Morgan fingerprint density at radius 1 is 1.15 bits per heavy atom. The van der Waals surface area contributed by atoms with Gasteiger partial charge in [-0.3, -0.25) is 0 Å². The molecule has 0 aliphatic carbocycles. The molecule has 1 fully saturated rings. The van der Waals surface area contributed by atoms with E-state index in [1.54, 1.807) is 49.1 Å². The zero-order valence-corrected chi connectivity index (χ0v) is 15.9. The molecule has 1 aliphatic heterocycles. The summed E-state index contributed by atoms with van der Waals surface area (Å²) in [4.78, 5) is 0.293. The zero-order valence-electron chi connectivity index (χ0n) is 15.0. The van der Waals surface area contributed by atoms with Crippen LogP contribution in [-0.2, 0) is 21.2 Å². The largest absolute Gasteiger partial charge is 0.497 e. The van der Waals surface area contributed by atoms with Gasteiger partial charge in [0.15, 0.2) is 0 Å². The second-order valence-electron chi connectivity index (χ2n) is 6.21. The quantitative estimate of drug-likeness (QED) is 0.724. The molecule has 1 saturated heterocycles. The number of aromatic nitrogens is 3. The maximum atomic E-state index is 12.8. The summed E-state index contributed by atoms with van der Waals surface area (Å²) in [5.74, 6) is 1.52. The number of benzene rings is 1. The lowest BCUT2D eigenvalue weighted by Gasteiger charge is -2.32. The molecule has 0 spiro atoms. The molecule has 1 aromatic heterocycles. The highest BCUT2D eigenvalue weighted by atomic mass is 32.2. The van der Waals surface area contributed by atoms with Crippen LogP contribution in [0, 0.1) is 0 Å². The lowest BCUT2D eigenvalue weighted by molar-refractivity contribution is 0.197. The van der Waals surface area contributed by atoms with Crippen molar-refractivity contribution in [2.75, 3.05) is 33.9 Å². The van der Waals surface area contributed by atoms with E-state index >= 15 is 0 Å². The van der Waals surface area contributed by atoms with Gasteiger partial charge in [0.2, 0.25) is 10.0 Å². The SMILES string of the molecule is COCCc1nncn1C1CCN(S(=O)(=O)c2ccc(OC)cc2)CC1. The summed E-state index contributed by atoms with van der Waals surface area (Å²) in [5.41, 5.74) is 0. The third-order valence-electron chi connectivity index (χ3n) is 4.69. The first-order chi connectivity index (χ1) is 12.6. The molecule has 142 valence electrons. The van der Waals surface area contributed by atoms with Crippen molar-refractivity contribution >= 4 is 10.0 Å². The molecule has 0 N–H and O–H groups in total. The molecule has 0 atom stereocenters. The van der Waals surface area contributed by atoms with Crippen molar-refractivity contribution in [2.45, 2.75) is 30.2 Å². The number of methoxy groups -OCH3 is 2. The number of ether oxygens (including phenoxy) is 2. The van der Waals surface area contributed by atoms with Crippen LogP contribution < -0.4 is 4.74 Å². The molecule has 1 aromatic carbocycles. The fraction of sp³-hybridized carbons (Fsp3) is 0.529. The molecule has 0 bridgehead atoms. The van der Waals surface area contributed by atoms with E-state index < -0.39 is 10.0 Å². The predicted octanol–water partition coefficient (Wildman–Crippen LogP) is 1.50. The summed E-state index contributed by atoms with van der Waals surface area (Å²) in [5, 5.41) is 8.15. The van der Waals surface area contributed by atoms with Crippen molar-refractivity contribution in [3.63, 3.8) is 0 Å². The third-order valence-corrected chi connectivity index (χ3v) is 6.60. The fourth-order valence-electron chi connectivity index (χ4n) is 3.20. The van der Waals surface area contributed by atoms with Crippen LogP contribution in [-0.4, -0.2) is 61.4 Å². The molecule has 9 heteroatoms. The van der Waals surface area contributed by atoms with Crippen molar-refractivity contribution < 1.29 is 17.9 Å². The number of hydrogen-bond acceptors (Lipinski definition) is 6. The van der Waals surface area contributed by atoms with Gasteiger partial charge in [-0.25, -0.2) is 8.42 Å². The molecular formula is C17H24N4O4S. The van der Waals surface area contributed by atoms with Gasteiger partial charge >= 0.3 is 0 Å². The Labute approximate surface area is 153 Å². The Hall–Kier alpha value is -1.97. The van der Waals surface area contributed by atoms with Gasteiger partial charge < -0.3 is 14.0 Å². The number of nitrogens with zero attached hydrogens (tertiary/aromatic N) is 4. The number of sulfonamides is 1. The maximum absolute atomic E-state index is 12.8. The van der Waals surface area contributed by atoms with Gasteiger partial charge in [0.25, 0.3) is 0 Å². The van der Waals surface area contributed by atoms with Gasteiger partial charge in [-0.2, -0.15) is 4.31 Å². The molecule has 26 heavy (non-hydrogen) atoms. The Balaban J connectivity index is 1.67. The second-order valence-corrected chi connectivity index (χ2v) is 8.15. The van der Waals surface area contributed by atoms with Gasteiger partial charge in [0.05, 0.1) is 18.6 Å². The summed E-state index contributed by atoms with van der Waals surface area (Å²) in [6, 6.07) is 6.71. The van der Waals surface area contributed by atoms with Gasteiger partial charge in [0, 0.05) is 32.7 Å². The Bertz CT molecular complexity index is 812. The third kappa shape index (κ3) is 3.89. The van der Waals surface area contributed by atoms with E-state index in [9.17, 15) is 8.42 Å². The Kier molecular flexibility index (Phi) is 5.90. The molecule has 3 rings (SSSR count). The average molecular weight is 380 g/mol. The molecule has 0 unspecified atom stereocenters. The summed E-state index contributed by atoms with van der Waals surface area (Å²) in [7, 11) is -0.275. The summed E-state index contributed by atoms with van der Waals surface area (Å²) in [6.07, 6.45) is 3.88. The monoisotopic (exact) mass is 380 g/mol. The molecule has 0 saturated carbocycles. The second kappa shape index (κ2) is 8.15. The van der Waals surface area contributed by atoms with E-state index in [1.807, 2.05) is 0 Å². The molecule has 1 aliphatic rings. The van der Waals surface area contributed by atoms with Crippen LogP contribution >= 0.6 is 0 Å². The lowest BCUT2D eigenvalue weighted by Crippen LogP contribution is -2.39. The maximum Gasteiger partial charge on any atom is 0.243 e. The molecule has 2 heterocycles. The predicted molar refractivity (Wildman–Crippen MR) is 95.6 cm³/mol. The minimum absolute atomic E-state index is 0.208. The smallest absolute Gasteiger partial charge is 0.243 e. The van der Waals surface area contributed by atoms with Crippen LogP contribution in [0.1, 0.15) is 24.7 Å². The number of piperidine rings is 1. The highest BCUT2D eigenvalue weighted by molar-refractivity contribution is 7.89. The minimum Gasteiger partial charge on any atom is -0.497 e. The zero-order chi connectivity index (χ0) is 18.6. The van der Waals surface area contributed by atoms with Crippen molar-refractivity contribution in [1.82, 2.24) is 19.1 Å². The Morgan fingerprint density at radius 3 is 2.46 bits per heavy atom. The van der Waals surface area contributed by atoms with Crippen molar-refractivity contribution in [2.24, 2.45) is 0 Å². The highest BCUT2D eigenvalue weighted by Gasteiger charge is 2.30. The van der Waals surface area contributed by atoms with Gasteiger partial charge in [-0.15, -0.1) is 10.2 Å². The summed E-state index contributed by atoms with van der Waals surface area (Å²) >= 11 is 0. The van der Waals surface area contributed by atoms with Crippen LogP contribution in [0.15, 0.2) is 35.5 Å². The summed E-state index contributed by atoms with van der Waals surface area (Å²) in [6.45, 7) is 1.53. The van der Waals surface area contributed by atoms with Crippen LogP contribution in [0.5, 0.6) is 5.75 Å². The minimum atomic E-state index is -3.49. The molecule has 0 radical (unpaired) electrons. The van der Waals surface area contributed by atoms with Gasteiger partial charge in [-0.1, -0.05) is 0 Å². The average Bonchev–Trinajstić information content (AvgIpc) is 3.15. The van der Waals surface area contributed by atoms with Crippen LogP contribution in [0.3, 0.4) is 0 Å². The van der Waals surface area contributed by atoms with E-state index in [0.717, 1.165) is 18.7 Å². The highest BCUT2D eigenvalue weighted by Crippen LogP contribution is 2.28. The first-order valence-electron chi connectivity index (χ1n) is 8.58. The molecule has 8 nitrogen and oxygen atoms in total. The molecular weight excluding hydrogens is 356 g/mol. The first-order valence-corrected chi connectivity index (χ1v) is 10.0. The molecule has 2 aromatic rings. The van der Waals surface area contributed by atoms with Gasteiger partial charge in [0.1, 0.15) is 17.9 Å². The fourth-order valence-corrected chi connectivity index (χ4v) is 4.67. The van der Waals surface area contributed by atoms with Crippen LogP contribution in [0.4, 0.5) is 0 Å². The van der Waals surface area contributed by atoms with Crippen LogP contribution in [0.25, 0.3) is 0 Å². The van der Waals surface area contributed by atoms with E-state index in [4.69, 9.17) is 9.47 Å². The number of hydrogen-bond donors (Lipinski definition) is 0. The standard InChI is InChI=1S/C17H24N4O4S/c1-24-12-9-17-19-18-13-21(17)14-7-10-20(11-8-14)26(22,23)16-5-3-15(25-2)4-6-16/h3-6,13-14H,7-12H2,1-2H3. The molecule has 0 amide bonds. The summed E-state index contributed by atoms with van der Waals surface area (Å²) < 4.78 is 39.4. The van der Waals surface area contributed by atoms with Crippen molar-refractivity contribution in [1.29, 1.82) is 0 Å². The topological polar surface area (TPSA) is 86.6 Å². The van der Waals surface area contributed by atoms with E-state index in [1.165, 1.54) is 0 Å². The van der Waals surface area contributed by atoms with E-state index in [2.05, 4.69) is 14.8 Å². The first kappa shape index (κ1) is 18.8. The van der Waals surface area contributed by atoms with Crippen molar-refractivity contribution in [3.8, 4) is 5.75 Å². The van der Waals surface area contributed by atoms with Crippen molar-refractivity contribution in [3.05, 3.63) is 36.4 Å². The lowest BCUT2D eigenvalue weighted by atomic mass is 10.1. The van der Waals surface area contributed by atoms with Crippen LogP contribution in [0.2, 0.25) is 0 Å².